The molecule has 0 fully saturated rings. The Morgan fingerprint density at radius 2 is 1.83 bits per heavy atom. The van der Waals surface area contributed by atoms with Gasteiger partial charge in [-0.25, -0.2) is 13.4 Å². The van der Waals surface area contributed by atoms with Gasteiger partial charge in [0, 0.05) is 11.9 Å². The van der Waals surface area contributed by atoms with E-state index in [-0.39, 0.29) is 4.90 Å². The number of benzene rings is 1. The summed E-state index contributed by atoms with van der Waals surface area (Å²) >= 11 is 0. The molecule has 0 saturated carbocycles. The van der Waals surface area contributed by atoms with Gasteiger partial charge in [-0.3, -0.25) is 4.72 Å². The average Bonchev–Trinajstić information content (AvgIpc) is 2.32. The van der Waals surface area contributed by atoms with Crippen LogP contribution in [0.2, 0.25) is 0 Å². The van der Waals surface area contributed by atoms with Crippen molar-refractivity contribution in [3.63, 3.8) is 0 Å². The minimum atomic E-state index is -3.62. The van der Waals surface area contributed by atoms with Crippen molar-refractivity contribution in [2.45, 2.75) is 11.8 Å². The van der Waals surface area contributed by atoms with Gasteiger partial charge in [0.05, 0.1) is 4.90 Å². The average molecular weight is 263 g/mol. The van der Waals surface area contributed by atoms with E-state index in [0.717, 1.165) is 5.56 Å². The molecule has 5 nitrogen and oxygen atoms in total. The van der Waals surface area contributed by atoms with Crippen LogP contribution in [0.25, 0.3) is 0 Å². The molecule has 0 aliphatic heterocycles. The van der Waals surface area contributed by atoms with Crippen LogP contribution in [0.5, 0.6) is 0 Å². The highest BCUT2D eigenvalue weighted by Gasteiger charge is 2.15. The molecule has 0 aliphatic rings. The molecule has 2 rings (SSSR count). The standard InChI is InChI=1S/C12H13N3O2S/c1-9-3-2-8-14-12(9)15-18(16,17)11-6-4-10(13)5-7-11/h2-8H,13H2,1H3,(H,14,15). The molecule has 6 heteroatoms. The van der Waals surface area contributed by atoms with Crippen molar-refractivity contribution in [2.75, 3.05) is 10.5 Å². The fourth-order valence-electron chi connectivity index (χ4n) is 1.43. The summed E-state index contributed by atoms with van der Waals surface area (Å²) in [7, 11) is -3.62. The minimum Gasteiger partial charge on any atom is -0.399 e. The Kier molecular flexibility index (Phi) is 3.20. The summed E-state index contributed by atoms with van der Waals surface area (Å²) in [5, 5.41) is 0. The van der Waals surface area contributed by atoms with Crippen LogP contribution < -0.4 is 10.5 Å². The second-order valence-electron chi connectivity index (χ2n) is 3.84. The van der Waals surface area contributed by atoms with Gasteiger partial charge < -0.3 is 5.73 Å². The maximum absolute atomic E-state index is 12.1. The summed E-state index contributed by atoms with van der Waals surface area (Å²) in [6, 6.07) is 9.52. The second-order valence-corrected chi connectivity index (χ2v) is 5.53. The molecule has 0 spiro atoms. The molecular formula is C12H13N3O2S. The lowest BCUT2D eigenvalue weighted by molar-refractivity contribution is 0.601. The Bertz CT molecular complexity index is 651. The van der Waals surface area contributed by atoms with E-state index in [1.165, 1.54) is 18.3 Å². The van der Waals surface area contributed by atoms with E-state index in [4.69, 9.17) is 5.73 Å². The van der Waals surface area contributed by atoms with Gasteiger partial charge in [0.25, 0.3) is 10.0 Å². The monoisotopic (exact) mass is 263 g/mol. The van der Waals surface area contributed by atoms with Crippen molar-refractivity contribution >= 4 is 21.5 Å². The predicted octanol–water partition coefficient (Wildman–Crippen LogP) is 1.77. The van der Waals surface area contributed by atoms with Crippen molar-refractivity contribution in [1.29, 1.82) is 0 Å². The van der Waals surface area contributed by atoms with Gasteiger partial charge in [-0.05, 0) is 42.8 Å². The Hall–Kier alpha value is -2.08. The number of rotatable bonds is 3. The van der Waals surface area contributed by atoms with Crippen molar-refractivity contribution in [3.8, 4) is 0 Å². The lowest BCUT2D eigenvalue weighted by Gasteiger charge is -2.09. The van der Waals surface area contributed by atoms with Gasteiger partial charge in [-0.1, -0.05) is 6.07 Å². The van der Waals surface area contributed by atoms with Crippen LogP contribution in [-0.2, 0) is 10.0 Å². The second kappa shape index (κ2) is 4.66. The minimum absolute atomic E-state index is 0.154. The number of anilines is 2. The number of nitrogens with zero attached hydrogens (tertiary/aromatic N) is 1. The van der Waals surface area contributed by atoms with Crippen molar-refractivity contribution in [2.24, 2.45) is 0 Å². The van der Waals surface area contributed by atoms with Gasteiger partial charge in [0.2, 0.25) is 0 Å². The maximum Gasteiger partial charge on any atom is 0.263 e. The molecule has 0 unspecified atom stereocenters. The lowest BCUT2D eigenvalue weighted by Crippen LogP contribution is -2.14. The van der Waals surface area contributed by atoms with E-state index in [1.807, 2.05) is 0 Å². The number of nitrogens with two attached hydrogens (primary N) is 1. The van der Waals surface area contributed by atoms with Crippen molar-refractivity contribution in [3.05, 3.63) is 48.2 Å². The quantitative estimate of drug-likeness (QED) is 0.826. The number of hydrogen-bond acceptors (Lipinski definition) is 4. The van der Waals surface area contributed by atoms with Gasteiger partial charge in [0.15, 0.2) is 0 Å². The highest BCUT2D eigenvalue weighted by molar-refractivity contribution is 7.92. The number of nitrogen functional groups attached to an aromatic ring is 1. The van der Waals surface area contributed by atoms with E-state index >= 15 is 0 Å². The number of nitrogens with one attached hydrogen (secondary N) is 1. The third-order valence-electron chi connectivity index (χ3n) is 2.43. The van der Waals surface area contributed by atoms with E-state index < -0.39 is 10.0 Å². The highest BCUT2D eigenvalue weighted by atomic mass is 32.2. The molecular weight excluding hydrogens is 250 g/mol. The maximum atomic E-state index is 12.1. The number of sulfonamides is 1. The molecule has 94 valence electrons. The fourth-order valence-corrected chi connectivity index (χ4v) is 2.51. The summed E-state index contributed by atoms with van der Waals surface area (Å²) in [5.41, 5.74) is 6.80. The SMILES string of the molecule is Cc1cccnc1NS(=O)(=O)c1ccc(N)cc1. The molecule has 0 radical (unpaired) electrons. The molecule has 2 aromatic rings. The Balaban J connectivity index is 2.33. The third-order valence-corrected chi connectivity index (χ3v) is 3.79. The smallest absolute Gasteiger partial charge is 0.263 e. The first-order valence-electron chi connectivity index (χ1n) is 5.29. The number of aromatic nitrogens is 1. The Morgan fingerprint density at radius 3 is 2.44 bits per heavy atom. The molecule has 1 aromatic carbocycles. The first-order chi connectivity index (χ1) is 8.49. The van der Waals surface area contributed by atoms with Gasteiger partial charge >= 0.3 is 0 Å². The molecule has 0 saturated heterocycles. The van der Waals surface area contributed by atoms with Crippen LogP contribution in [0.3, 0.4) is 0 Å². The summed E-state index contributed by atoms with van der Waals surface area (Å²) in [4.78, 5) is 4.15. The topological polar surface area (TPSA) is 85.1 Å². The molecule has 1 heterocycles. The third kappa shape index (κ3) is 2.60. The van der Waals surface area contributed by atoms with Gasteiger partial charge in [0.1, 0.15) is 5.82 Å². The molecule has 0 amide bonds. The molecule has 0 aliphatic carbocycles. The summed E-state index contributed by atoms with van der Waals surface area (Å²) in [6.07, 6.45) is 1.54. The Labute approximate surface area is 106 Å². The number of aryl methyl sites for hydroxylation is 1. The predicted molar refractivity (Wildman–Crippen MR) is 70.6 cm³/mol. The highest BCUT2D eigenvalue weighted by Crippen LogP contribution is 2.17. The van der Waals surface area contributed by atoms with Crippen LogP contribution in [0.1, 0.15) is 5.56 Å². The van der Waals surface area contributed by atoms with Gasteiger partial charge in [-0.15, -0.1) is 0 Å². The van der Waals surface area contributed by atoms with E-state index in [1.54, 1.807) is 31.2 Å². The lowest BCUT2D eigenvalue weighted by atomic mass is 10.3. The van der Waals surface area contributed by atoms with Crippen LogP contribution in [0.4, 0.5) is 11.5 Å². The molecule has 0 bridgehead atoms. The van der Waals surface area contributed by atoms with Crippen LogP contribution in [0.15, 0.2) is 47.5 Å². The van der Waals surface area contributed by atoms with Crippen molar-refractivity contribution in [1.82, 2.24) is 4.98 Å². The molecule has 0 atom stereocenters. The zero-order valence-electron chi connectivity index (χ0n) is 9.79. The van der Waals surface area contributed by atoms with E-state index in [0.29, 0.717) is 11.5 Å². The van der Waals surface area contributed by atoms with Crippen LogP contribution in [-0.4, -0.2) is 13.4 Å². The molecule has 1 aromatic heterocycles. The molecule has 18 heavy (non-hydrogen) atoms. The normalized spacial score (nSPS) is 11.2. The number of hydrogen-bond donors (Lipinski definition) is 2. The van der Waals surface area contributed by atoms with E-state index in [2.05, 4.69) is 9.71 Å². The van der Waals surface area contributed by atoms with Crippen molar-refractivity contribution < 1.29 is 8.42 Å². The summed E-state index contributed by atoms with van der Waals surface area (Å²) in [5.74, 6) is 0.328. The largest absolute Gasteiger partial charge is 0.399 e. The fraction of sp³-hybridized carbons (Fsp3) is 0.0833. The zero-order chi connectivity index (χ0) is 13.2. The van der Waals surface area contributed by atoms with Crippen LogP contribution in [0, 0.1) is 6.92 Å². The summed E-state index contributed by atoms with van der Waals surface area (Å²) in [6.45, 7) is 1.79. The molecule has 3 N–H and O–H groups in total. The van der Waals surface area contributed by atoms with Crippen LogP contribution >= 0.6 is 0 Å². The van der Waals surface area contributed by atoms with E-state index in [9.17, 15) is 8.42 Å². The zero-order valence-corrected chi connectivity index (χ0v) is 10.6. The number of pyridine rings is 1. The first-order valence-corrected chi connectivity index (χ1v) is 6.77. The summed E-state index contributed by atoms with van der Waals surface area (Å²) < 4.78 is 26.6. The Morgan fingerprint density at radius 1 is 1.17 bits per heavy atom. The first kappa shape index (κ1) is 12.4. The van der Waals surface area contributed by atoms with Gasteiger partial charge in [-0.2, -0.15) is 0 Å².